The number of nitrogens with one attached hydrogen (secondary N) is 2. The summed E-state index contributed by atoms with van der Waals surface area (Å²) < 4.78 is 0. The number of aromatic nitrogens is 4. The van der Waals surface area contributed by atoms with Crippen LogP contribution in [-0.4, -0.2) is 19.9 Å². The highest BCUT2D eigenvalue weighted by molar-refractivity contribution is 6.04. The van der Waals surface area contributed by atoms with Crippen molar-refractivity contribution < 1.29 is 0 Å². The number of H-pyrrole nitrogens is 2. The van der Waals surface area contributed by atoms with Crippen molar-refractivity contribution in [3.63, 3.8) is 0 Å². The van der Waals surface area contributed by atoms with Gasteiger partial charge in [0.2, 0.25) is 0 Å². The van der Waals surface area contributed by atoms with E-state index in [2.05, 4.69) is 86.5 Å². The van der Waals surface area contributed by atoms with Gasteiger partial charge in [0.15, 0.2) is 0 Å². The monoisotopic (exact) mass is 422 g/mol. The van der Waals surface area contributed by atoms with E-state index in [0.29, 0.717) is 0 Å². The van der Waals surface area contributed by atoms with Crippen LogP contribution in [0.3, 0.4) is 0 Å². The summed E-state index contributed by atoms with van der Waals surface area (Å²) in [7, 11) is 0. The van der Waals surface area contributed by atoms with Crippen LogP contribution >= 0.6 is 0 Å². The first-order valence-corrected chi connectivity index (χ1v) is 11.8. The molecule has 32 heavy (non-hydrogen) atoms. The summed E-state index contributed by atoms with van der Waals surface area (Å²) in [5, 5.41) is 2.23. The Morgan fingerprint density at radius 2 is 0.969 bits per heavy atom. The van der Waals surface area contributed by atoms with E-state index in [1.54, 1.807) is 0 Å². The maximum Gasteiger partial charge on any atom is 0.0973 e. The van der Waals surface area contributed by atoms with Crippen LogP contribution in [0.15, 0.2) is 48.8 Å². The predicted molar refractivity (Wildman–Crippen MR) is 134 cm³/mol. The van der Waals surface area contributed by atoms with Crippen molar-refractivity contribution in [2.45, 2.75) is 53.4 Å². The fraction of sp³-hybridized carbons (Fsp3) is 0.286. The van der Waals surface area contributed by atoms with Gasteiger partial charge in [-0.3, -0.25) is 0 Å². The Labute approximate surface area is 189 Å². The molecule has 0 aliphatic rings. The first-order chi connectivity index (χ1) is 15.7. The molecular formula is C28H30N4. The van der Waals surface area contributed by atoms with E-state index in [0.717, 1.165) is 70.3 Å². The first kappa shape index (κ1) is 20.5. The number of hydrogen-bond acceptors (Lipinski definition) is 2. The molecule has 0 saturated heterocycles. The van der Waals surface area contributed by atoms with Crippen molar-refractivity contribution in [3.8, 4) is 22.8 Å². The van der Waals surface area contributed by atoms with E-state index in [4.69, 9.17) is 9.97 Å². The third kappa shape index (κ3) is 3.22. The van der Waals surface area contributed by atoms with Crippen LogP contribution in [0.25, 0.3) is 44.6 Å². The third-order valence-corrected chi connectivity index (χ3v) is 6.66. The van der Waals surface area contributed by atoms with E-state index < -0.39 is 0 Å². The summed E-state index contributed by atoms with van der Waals surface area (Å²) in [6.45, 7) is 8.83. The van der Waals surface area contributed by atoms with Gasteiger partial charge in [-0.05, 0) is 60.1 Å². The number of benzene rings is 1. The average Bonchev–Trinajstić information content (AvgIpc) is 3.46. The Kier molecular flexibility index (Phi) is 5.30. The van der Waals surface area contributed by atoms with E-state index in [1.807, 2.05) is 0 Å². The minimum absolute atomic E-state index is 0.955. The molecule has 0 amide bonds. The van der Waals surface area contributed by atoms with Crippen molar-refractivity contribution in [2.24, 2.45) is 0 Å². The summed E-state index contributed by atoms with van der Waals surface area (Å²) in [5.41, 5.74) is 11.6. The number of aromatic amines is 2. The maximum absolute atomic E-state index is 5.12. The first-order valence-electron chi connectivity index (χ1n) is 11.8. The zero-order chi connectivity index (χ0) is 22.2. The van der Waals surface area contributed by atoms with Gasteiger partial charge in [0.1, 0.15) is 0 Å². The lowest BCUT2D eigenvalue weighted by atomic mass is 10.0. The second-order valence-corrected chi connectivity index (χ2v) is 8.35. The molecule has 0 radical (unpaired) electrons. The zero-order valence-corrected chi connectivity index (χ0v) is 19.3. The Morgan fingerprint density at radius 1 is 0.562 bits per heavy atom. The summed E-state index contributed by atoms with van der Waals surface area (Å²) in [6, 6.07) is 12.9. The quantitative estimate of drug-likeness (QED) is 0.289. The molecule has 4 aromatic heterocycles. The van der Waals surface area contributed by atoms with Crippen molar-refractivity contribution in [1.82, 2.24) is 19.9 Å². The topological polar surface area (TPSA) is 57.4 Å². The van der Waals surface area contributed by atoms with Gasteiger partial charge in [-0.2, -0.15) is 0 Å². The molecule has 0 saturated carbocycles. The van der Waals surface area contributed by atoms with Crippen LogP contribution < -0.4 is 0 Å². The maximum atomic E-state index is 5.12. The normalized spacial score (nSPS) is 11.6. The molecule has 1 aromatic carbocycles. The fourth-order valence-electron chi connectivity index (χ4n) is 4.93. The Balaban J connectivity index is 1.72. The minimum atomic E-state index is 0.955. The second kappa shape index (κ2) is 8.27. The average molecular weight is 423 g/mol. The molecule has 0 fully saturated rings. The van der Waals surface area contributed by atoms with Crippen LogP contribution in [0.4, 0.5) is 0 Å². The van der Waals surface area contributed by atoms with Crippen LogP contribution in [-0.2, 0) is 25.7 Å². The minimum Gasteiger partial charge on any atom is -0.359 e. The predicted octanol–water partition coefficient (Wildman–Crippen LogP) is 7.02. The number of nitrogens with zero attached hydrogens (tertiary/aromatic N) is 2. The molecule has 5 rings (SSSR count). The van der Waals surface area contributed by atoms with Gasteiger partial charge >= 0.3 is 0 Å². The lowest BCUT2D eigenvalue weighted by Gasteiger charge is -2.09. The number of rotatable bonds is 6. The van der Waals surface area contributed by atoms with Gasteiger partial charge in [0.05, 0.1) is 33.8 Å². The number of aryl methyl sites for hydroxylation is 2. The van der Waals surface area contributed by atoms with Crippen molar-refractivity contribution in [3.05, 3.63) is 71.0 Å². The van der Waals surface area contributed by atoms with Gasteiger partial charge in [-0.1, -0.05) is 52.0 Å². The van der Waals surface area contributed by atoms with Crippen LogP contribution in [0.1, 0.15) is 49.9 Å². The van der Waals surface area contributed by atoms with Crippen molar-refractivity contribution in [2.75, 3.05) is 0 Å². The molecular weight excluding hydrogens is 392 g/mol. The highest BCUT2D eigenvalue weighted by Gasteiger charge is 2.15. The third-order valence-electron chi connectivity index (χ3n) is 6.66. The molecule has 0 aliphatic carbocycles. The highest BCUT2D eigenvalue weighted by Crippen LogP contribution is 2.31. The lowest BCUT2D eigenvalue weighted by molar-refractivity contribution is 1.06. The largest absolute Gasteiger partial charge is 0.359 e. The zero-order valence-electron chi connectivity index (χ0n) is 19.3. The Hall–Kier alpha value is -3.40. The van der Waals surface area contributed by atoms with Gasteiger partial charge in [0, 0.05) is 23.2 Å². The highest BCUT2D eigenvalue weighted by atomic mass is 14.8. The molecule has 4 heteroatoms. The van der Waals surface area contributed by atoms with E-state index in [1.165, 1.54) is 22.3 Å². The number of pyridine rings is 2. The molecule has 5 aromatic rings. The van der Waals surface area contributed by atoms with Crippen LogP contribution in [0.2, 0.25) is 0 Å². The SMILES string of the molecule is CCc1c[nH]c(-c2ccc3ccc4ccc(-c5[nH]cc(CC)c5CC)nc4c3n2)c1CC. The van der Waals surface area contributed by atoms with E-state index >= 15 is 0 Å². The molecule has 4 nitrogen and oxygen atoms in total. The molecule has 162 valence electrons. The second-order valence-electron chi connectivity index (χ2n) is 8.35. The number of fused-ring (bicyclic) bond motifs is 3. The van der Waals surface area contributed by atoms with Crippen LogP contribution in [0.5, 0.6) is 0 Å². The van der Waals surface area contributed by atoms with Crippen molar-refractivity contribution >= 4 is 21.8 Å². The van der Waals surface area contributed by atoms with E-state index in [9.17, 15) is 0 Å². The van der Waals surface area contributed by atoms with E-state index in [-0.39, 0.29) is 0 Å². The van der Waals surface area contributed by atoms with Gasteiger partial charge in [-0.25, -0.2) is 9.97 Å². The molecule has 2 N–H and O–H groups in total. The summed E-state index contributed by atoms with van der Waals surface area (Å²) in [4.78, 5) is 17.2. The molecule has 0 unspecified atom stereocenters. The Bertz CT molecular complexity index is 1310. The van der Waals surface area contributed by atoms with Crippen LogP contribution in [0, 0.1) is 0 Å². The van der Waals surface area contributed by atoms with Crippen molar-refractivity contribution in [1.29, 1.82) is 0 Å². The fourth-order valence-corrected chi connectivity index (χ4v) is 4.93. The molecule has 0 aliphatic heterocycles. The lowest BCUT2D eigenvalue weighted by Crippen LogP contribution is -1.95. The summed E-state index contributed by atoms with van der Waals surface area (Å²) in [5.74, 6) is 0. The van der Waals surface area contributed by atoms with Gasteiger partial charge < -0.3 is 9.97 Å². The molecule has 0 bridgehead atoms. The van der Waals surface area contributed by atoms with Gasteiger partial charge in [0.25, 0.3) is 0 Å². The number of hydrogen-bond donors (Lipinski definition) is 2. The summed E-state index contributed by atoms with van der Waals surface area (Å²) in [6.07, 6.45) is 8.29. The van der Waals surface area contributed by atoms with Gasteiger partial charge in [-0.15, -0.1) is 0 Å². The Morgan fingerprint density at radius 3 is 1.34 bits per heavy atom. The smallest absolute Gasteiger partial charge is 0.0973 e. The molecule has 4 heterocycles. The molecule has 0 spiro atoms. The standard InChI is InChI=1S/C28H30N4/c1-5-17-15-29-27(21(17)7-3)23-13-11-19-9-10-20-12-14-24(32-26(20)25(19)31-23)28-22(8-4)18(6-2)16-30-28/h9-16,29-30H,5-8H2,1-4H3. The molecule has 0 atom stereocenters. The summed E-state index contributed by atoms with van der Waals surface area (Å²) >= 11 is 0.